The van der Waals surface area contributed by atoms with Gasteiger partial charge in [0.1, 0.15) is 6.10 Å². The maximum atomic E-state index is 12.7. The van der Waals surface area contributed by atoms with Crippen LogP contribution in [0.1, 0.15) is 37.1 Å². The van der Waals surface area contributed by atoms with Crippen LogP contribution in [0.3, 0.4) is 0 Å². The number of benzene rings is 1. The Bertz CT molecular complexity index is 876. The maximum absolute atomic E-state index is 12.7. The Labute approximate surface area is 171 Å². The summed E-state index contributed by atoms with van der Waals surface area (Å²) in [4.78, 5) is 26.9. The number of ether oxygens (including phenoxy) is 1. The number of nitrogens with one attached hydrogen (secondary N) is 1. The number of nitrogens with zero attached hydrogens (tertiary/aromatic N) is 3. The van der Waals surface area contributed by atoms with Crippen LogP contribution in [0.5, 0.6) is 0 Å². The van der Waals surface area contributed by atoms with Crippen molar-refractivity contribution in [3.63, 3.8) is 0 Å². The van der Waals surface area contributed by atoms with E-state index in [1.807, 2.05) is 53.8 Å². The van der Waals surface area contributed by atoms with Crippen molar-refractivity contribution >= 4 is 17.5 Å². The fourth-order valence-electron chi connectivity index (χ4n) is 4.16. The Morgan fingerprint density at radius 3 is 2.41 bits per heavy atom. The first-order valence-corrected chi connectivity index (χ1v) is 10.4. The Hall–Kier alpha value is -2.67. The van der Waals surface area contributed by atoms with Gasteiger partial charge in [0.05, 0.1) is 11.4 Å². The molecule has 2 saturated heterocycles. The van der Waals surface area contributed by atoms with E-state index in [9.17, 15) is 9.59 Å². The molecule has 154 valence electrons. The van der Waals surface area contributed by atoms with E-state index in [4.69, 9.17) is 4.74 Å². The van der Waals surface area contributed by atoms with Gasteiger partial charge in [-0.1, -0.05) is 0 Å². The molecule has 2 aliphatic heterocycles. The molecule has 29 heavy (non-hydrogen) atoms. The van der Waals surface area contributed by atoms with Crippen LogP contribution in [0.15, 0.2) is 30.3 Å². The van der Waals surface area contributed by atoms with Crippen molar-refractivity contribution in [2.75, 3.05) is 25.0 Å². The van der Waals surface area contributed by atoms with Crippen LogP contribution < -0.4 is 5.32 Å². The molecule has 0 saturated carbocycles. The largest absolute Gasteiger partial charge is 0.368 e. The molecule has 7 heteroatoms. The number of likely N-dealkylation sites (tertiary alicyclic amines) is 1. The lowest BCUT2D eigenvalue weighted by molar-refractivity contribution is -0.143. The highest BCUT2D eigenvalue weighted by molar-refractivity contribution is 5.93. The van der Waals surface area contributed by atoms with E-state index in [2.05, 4.69) is 10.4 Å². The molecule has 4 rings (SSSR count). The van der Waals surface area contributed by atoms with Crippen LogP contribution in [0.4, 0.5) is 5.69 Å². The minimum absolute atomic E-state index is 0.0214. The first-order valence-electron chi connectivity index (χ1n) is 10.4. The zero-order chi connectivity index (χ0) is 20.4. The van der Waals surface area contributed by atoms with Crippen LogP contribution in [-0.2, 0) is 14.3 Å². The molecule has 7 nitrogen and oxygen atoms in total. The summed E-state index contributed by atoms with van der Waals surface area (Å²) in [7, 11) is 0. The van der Waals surface area contributed by atoms with Crippen molar-refractivity contribution in [1.82, 2.24) is 14.7 Å². The third kappa shape index (κ3) is 4.34. The lowest BCUT2D eigenvalue weighted by Gasteiger charge is -2.32. The summed E-state index contributed by atoms with van der Waals surface area (Å²) < 4.78 is 7.39. The standard InChI is InChI=1S/C22H28N4O3/c1-15-14-16(2)26(24-15)19-7-5-18(6-8-19)23-21(27)17-9-11-25(12-10-17)22(28)20-4-3-13-29-20/h5-8,14,17,20H,3-4,9-13H2,1-2H3,(H,23,27). The summed E-state index contributed by atoms with van der Waals surface area (Å²) in [6.07, 6.45) is 2.86. The number of hydrogen-bond donors (Lipinski definition) is 1. The summed E-state index contributed by atoms with van der Waals surface area (Å²) in [6, 6.07) is 9.75. The summed E-state index contributed by atoms with van der Waals surface area (Å²) >= 11 is 0. The molecule has 1 aromatic carbocycles. The summed E-state index contributed by atoms with van der Waals surface area (Å²) in [5.41, 5.74) is 3.79. The summed E-state index contributed by atoms with van der Waals surface area (Å²) in [6.45, 7) is 5.90. The van der Waals surface area contributed by atoms with E-state index in [-0.39, 0.29) is 23.8 Å². The molecular formula is C22H28N4O3. The molecule has 3 heterocycles. The van der Waals surface area contributed by atoms with Gasteiger partial charge in [-0.15, -0.1) is 0 Å². The molecule has 2 aliphatic rings. The van der Waals surface area contributed by atoms with Crippen molar-refractivity contribution in [2.45, 2.75) is 45.6 Å². The molecule has 1 aromatic heterocycles. The number of aryl methyl sites for hydroxylation is 2. The first-order chi connectivity index (χ1) is 14.0. The molecule has 0 bridgehead atoms. The number of rotatable bonds is 4. The smallest absolute Gasteiger partial charge is 0.251 e. The molecule has 2 aromatic rings. The van der Waals surface area contributed by atoms with Crippen molar-refractivity contribution < 1.29 is 14.3 Å². The SMILES string of the molecule is Cc1cc(C)n(-c2ccc(NC(=O)C3CCN(C(=O)C4CCCO4)CC3)cc2)n1. The average molecular weight is 396 g/mol. The second-order valence-corrected chi connectivity index (χ2v) is 7.98. The van der Waals surface area contributed by atoms with Crippen molar-refractivity contribution in [3.8, 4) is 5.69 Å². The number of amides is 2. The van der Waals surface area contributed by atoms with Crippen LogP contribution >= 0.6 is 0 Å². The molecule has 1 atom stereocenters. The third-order valence-electron chi connectivity index (χ3n) is 5.77. The molecule has 2 amide bonds. The van der Waals surface area contributed by atoms with E-state index in [0.717, 1.165) is 35.6 Å². The molecule has 1 N–H and O–H groups in total. The van der Waals surface area contributed by atoms with Gasteiger partial charge >= 0.3 is 0 Å². The van der Waals surface area contributed by atoms with Gasteiger partial charge in [-0.25, -0.2) is 4.68 Å². The average Bonchev–Trinajstić information content (AvgIpc) is 3.38. The molecule has 0 spiro atoms. The number of carbonyl (C=O) groups excluding carboxylic acids is 2. The number of anilines is 1. The van der Waals surface area contributed by atoms with Gasteiger partial charge in [0.15, 0.2) is 0 Å². The van der Waals surface area contributed by atoms with Gasteiger partial charge in [0.2, 0.25) is 5.91 Å². The fraction of sp³-hybridized carbons (Fsp3) is 0.500. The Kier molecular flexibility index (Phi) is 5.67. The zero-order valence-electron chi connectivity index (χ0n) is 17.1. The molecule has 0 aliphatic carbocycles. The number of piperidine rings is 1. The molecule has 2 fully saturated rings. The maximum Gasteiger partial charge on any atom is 0.251 e. The Balaban J connectivity index is 1.30. The van der Waals surface area contributed by atoms with Crippen LogP contribution in [0.25, 0.3) is 5.69 Å². The summed E-state index contributed by atoms with van der Waals surface area (Å²) in [5, 5.41) is 7.50. The van der Waals surface area contributed by atoms with E-state index in [1.165, 1.54) is 0 Å². The zero-order valence-corrected chi connectivity index (χ0v) is 17.1. The second-order valence-electron chi connectivity index (χ2n) is 7.98. The third-order valence-corrected chi connectivity index (χ3v) is 5.77. The predicted octanol–water partition coefficient (Wildman–Crippen LogP) is 2.85. The first kappa shape index (κ1) is 19.6. The highest BCUT2D eigenvalue weighted by atomic mass is 16.5. The highest BCUT2D eigenvalue weighted by Gasteiger charge is 2.32. The van der Waals surface area contributed by atoms with Crippen molar-refractivity contribution in [2.24, 2.45) is 5.92 Å². The quantitative estimate of drug-likeness (QED) is 0.862. The van der Waals surface area contributed by atoms with Crippen LogP contribution in [0.2, 0.25) is 0 Å². The normalized spacial score (nSPS) is 20.1. The predicted molar refractivity (Wildman–Crippen MR) is 110 cm³/mol. The Morgan fingerprint density at radius 2 is 1.83 bits per heavy atom. The van der Waals surface area contributed by atoms with Gasteiger partial charge in [0.25, 0.3) is 5.91 Å². The Morgan fingerprint density at radius 1 is 1.10 bits per heavy atom. The van der Waals surface area contributed by atoms with Crippen molar-refractivity contribution in [1.29, 1.82) is 0 Å². The monoisotopic (exact) mass is 396 g/mol. The van der Waals surface area contributed by atoms with E-state index in [1.54, 1.807) is 0 Å². The van der Waals surface area contributed by atoms with Crippen LogP contribution in [0, 0.1) is 19.8 Å². The van der Waals surface area contributed by atoms with E-state index in [0.29, 0.717) is 32.5 Å². The lowest BCUT2D eigenvalue weighted by atomic mass is 9.95. The van der Waals surface area contributed by atoms with Gasteiger partial charge in [-0.3, -0.25) is 9.59 Å². The van der Waals surface area contributed by atoms with Gasteiger partial charge in [0, 0.05) is 37.0 Å². The highest BCUT2D eigenvalue weighted by Crippen LogP contribution is 2.23. The van der Waals surface area contributed by atoms with E-state index >= 15 is 0 Å². The second kappa shape index (κ2) is 8.37. The van der Waals surface area contributed by atoms with Gasteiger partial charge in [-0.2, -0.15) is 5.10 Å². The summed E-state index contributed by atoms with van der Waals surface area (Å²) in [5.74, 6) is 0.0356. The van der Waals surface area contributed by atoms with Crippen LogP contribution in [-0.4, -0.2) is 52.3 Å². The van der Waals surface area contributed by atoms with Gasteiger partial charge < -0.3 is 15.0 Å². The topological polar surface area (TPSA) is 76.5 Å². The number of aromatic nitrogens is 2. The number of hydrogen-bond acceptors (Lipinski definition) is 4. The minimum Gasteiger partial charge on any atom is -0.368 e. The molecule has 0 radical (unpaired) electrons. The van der Waals surface area contributed by atoms with E-state index < -0.39 is 0 Å². The minimum atomic E-state index is -0.277. The number of carbonyl (C=O) groups is 2. The fourth-order valence-corrected chi connectivity index (χ4v) is 4.16. The molecular weight excluding hydrogens is 368 g/mol. The lowest BCUT2D eigenvalue weighted by Crippen LogP contribution is -2.45. The van der Waals surface area contributed by atoms with Crippen molar-refractivity contribution in [3.05, 3.63) is 41.7 Å². The van der Waals surface area contributed by atoms with Gasteiger partial charge in [-0.05, 0) is 69.9 Å². The molecule has 1 unspecified atom stereocenters.